The highest BCUT2D eigenvalue weighted by molar-refractivity contribution is 9.09. The van der Waals surface area contributed by atoms with Crippen LogP contribution in [0.3, 0.4) is 0 Å². The van der Waals surface area contributed by atoms with E-state index in [1.807, 2.05) is 11.9 Å². The third-order valence-electron chi connectivity index (χ3n) is 1.76. The van der Waals surface area contributed by atoms with E-state index in [9.17, 15) is 4.79 Å². The van der Waals surface area contributed by atoms with Gasteiger partial charge in [-0.05, 0) is 19.3 Å². The second-order valence-electron chi connectivity index (χ2n) is 2.96. The van der Waals surface area contributed by atoms with Crippen LogP contribution in [0.2, 0.25) is 0 Å². The molecule has 0 saturated carbocycles. The number of rotatable bonds is 6. The molecule has 12 heavy (non-hydrogen) atoms. The maximum absolute atomic E-state index is 11.3. The first-order valence-electron chi connectivity index (χ1n) is 4.52. The number of carbonyl (C=O) groups is 1. The van der Waals surface area contributed by atoms with E-state index in [-0.39, 0.29) is 5.91 Å². The van der Waals surface area contributed by atoms with Gasteiger partial charge in [-0.15, -0.1) is 0 Å². The highest BCUT2D eigenvalue weighted by Gasteiger charge is 2.05. The minimum absolute atomic E-state index is 0.276. The van der Waals surface area contributed by atoms with E-state index in [4.69, 9.17) is 0 Å². The van der Waals surface area contributed by atoms with Crippen LogP contribution in [0.5, 0.6) is 0 Å². The molecule has 3 heteroatoms. The predicted molar refractivity (Wildman–Crippen MR) is 55.6 cm³/mol. The lowest BCUT2D eigenvalue weighted by atomic mass is 10.2. The minimum Gasteiger partial charge on any atom is -0.346 e. The minimum atomic E-state index is 0.276. The fourth-order valence-electron chi connectivity index (χ4n) is 1.02. The zero-order valence-electron chi connectivity index (χ0n) is 7.98. The Labute approximate surface area is 83.4 Å². The molecule has 0 atom stereocenters. The molecular formula is C9H18BrNO. The second-order valence-corrected chi connectivity index (χ2v) is 3.75. The number of hydrogen-bond donors (Lipinski definition) is 0. The van der Waals surface area contributed by atoms with Crippen molar-refractivity contribution in [1.82, 2.24) is 4.90 Å². The van der Waals surface area contributed by atoms with Gasteiger partial charge in [0.05, 0.1) is 0 Å². The van der Waals surface area contributed by atoms with Gasteiger partial charge < -0.3 is 4.90 Å². The van der Waals surface area contributed by atoms with Crippen LogP contribution in [-0.2, 0) is 4.79 Å². The largest absolute Gasteiger partial charge is 0.346 e. The molecular weight excluding hydrogens is 218 g/mol. The molecule has 0 aliphatic rings. The normalized spacial score (nSPS) is 9.92. The molecule has 0 aromatic carbocycles. The van der Waals surface area contributed by atoms with Gasteiger partial charge in [0.15, 0.2) is 0 Å². The summed E-state index contributed by atoms with van der Waals surface area (Å²) in [4.78, 5) is 13.1. The van der Waals surface area contributed by atoms with Gasteiger partial charge in [-0.2, -0.15) is 0 Å². The summed E-state index contributed by atoms with van der Waals surface area (Å²) < 4.78 is 0. The number of halogens is 1. The molecule has 0 fully saturated rings. The Morgan fingerprint density at radius 3 is 2.58 bits per heavy atom. The van der Waals surface area contributed by atoms with Crippen molar-refractivity contribution >= 4 is 21.8 Å². The van der Waals surface area contributed by atoms with Gasteiger partial charge in [0.1, 0.15) is 0 Å². The topological polar surface area (TPSA) is 20.3 Å². The zero-order chi connectivity index (χ0) is 9.40. The van der Waals surface area contributed by atoms with E-state index in [0.29, 0.717) is 6.42 Å². The van der Waals surface area contributed by atoms with Gasteiger partial charge in [0, 0.05) is 25.3 Å². The Balaban J connectivity index is 3.43. The monoisotopic (exact) mass is 235 g/mol. The van der Waals surface area contributed by atoms with Crippen molar-refractivity contribution in [2.45, 2.75) is 32.6 Å². The second kappa shape index (κ2) is 7.59. The maximum Gasteiger partial charge on any atom is 0.222 e. The van der Waals surface area contributed by atoms with Crippen molar-refractivity contribution in [3.8, 4) is 0 Å². The molecule has 72 valence electrons. The van der Waals surface area contributed by atoms with Gasteiger partial charge in [-0.1, -0.05) is 22.9 Å². The Kier molecular flexibility index (Phi) is 7.56. The van der Waals surface area contributed by atoms with Gasteiger partial charge in [0.25, 0.3) is 0 Å². The van der Waals surface area contributed by atoms with Crippen LogP contribution >= 0.6 is 15.9 Å². The molecule has 0 bridgehead atoms. The average molecular weight is 236 g/mol. The molecule has 0 aromatic rings. The Bertz CT molecular complexity index is 128. The van der Waals surface area contributed by atoms with Crippen LogP contribution in [0.15, 0.2) is 0 Å². The molecule has 0 aromatic heterocycles. The molecule has 0 spiro atoms. The van der Waals surface area contributed by atoms with Crippen LogP contribution in [0.4, 0.5) is 0 Å². The summed E-state index contributed by atoms with van der Waals surface area (Å²) in [6, 6.07) is 0. The summed E-state index contributed by atoms with van der Waals surface area (Å²) in [6.07, 6.45) is 3.83. The van der Waals surface area contributed by atoms with Gasteiger partial charge in [-0.3, -0.25) is 4.79 Å². The van der Waals surface area contributed by atoms with E-state index in [1.54, 1.807) is 0 Å². The first kappa shape index (κ1) is 11.9. The molecule has 0 heterocycles. The van der Waals surface area contributed by atoms with Crippen LogP contribution in [0.1, 0.15) is 32.6 Å². The number of hydrogen-bond acceptors (Lipinski definition) is 1. The fourth-order valence-corrected chi connectivity index (χ4v) is 1.42. The van der Waals surface area contributed by atoms with Crippen molar-refractivity contribution in [1.29, 1.82) is 0 Å². The molecule has 1 amide bonds. The summed E-state index contributed by atoms with van der Waals surface area (Å²) >= 11 is 3.34. The van der Waals surface area contributed by atoms with Crippen molar-refractivity contribution in [2.75, 3.05) is 18.9 Å². The lowest BCUT2D eigenvalue weighted by molar-refractivity contribution is -0.130. The number of carbonyl (C=O) groups excluding carboxylic acids is 1. The van der Waals surface area contributed by atoms with Gasteiger partial charge in [0.2, 0.25) is 5.91 Å². The fraction of sp³-hybridized carbons (Fsp3) is 0.889. The summed E-state index contributed by atoms with van der Waals surface area (Å²) in [6.45, 7) is 2.97. The smallest absolute Gasteiger partial charge is 0.222 e. The average Bonchev–Trinajstić information content (AvgIpc) is 2.05. The maximum atomic E-state index is 11.3. The van der Waals surface area contributed by atoms with Crippen LogP contribution < -0.4 is 0 Å². The SMILES string of the molecule is CCCN(C)C(=O)CCCCBr. The Hall–Kier alpha value is -0.0500. The lowest BCUT2D eigenvalue weighted by Crippen LogP contribution is -2.26. The summed E-state index contributed by atoms with van der Waals surface area (Å²) in [7, 11) is 1.87. The van der Waals surface area contributed by atoms with E-state index >= 15 is 0 Å². The van der Waals surface area contributed by atoms with Crippen molar-refractivity contribution in [3.05, 3.63) is 0 Å². The van der Waals surface area contributed by atoms with Crippen molar-refractivity contribution in [2.24, 2.45) is 0 Å². The van der Waals surface area contributed by atoms with Crippen LogP contribution in [-0.4, -0.2) is 29.7 Å². The number of amides is 1. The Morgan fingerprint density at radius 2 is 2.08 bits per heavy atom. The third-order valence-corrected chi connectivity index (χ3v) is 2.32. The zero-order valence-corrected chi connectivity index (χ0v) is 9.56. The summed E-state index contributed by atoms with van der Waals surface area (Å²) in [5, 5.41) is 0.998. The van der Waals surface area contributed by atoms with Gasteiger partial charge >= 0.3 is 0 Å². The van der Waals surface area contributed by atoms with Crippen LogP contribution in [0.25, 0.3) is 0 Å². The molecule has 0 aliphatic carbocycles. The first-order chi connectivity index (χ1) is 5.72. The summed E-state index contributed by atoms with van der Waals surface area (Å²) in [5.74, 6) is 0.276. The highest BCUT2D eigenvalue weighted by atomic mass is 79.9. The van der Waals surface area contributed by atoms with E-state index in [0.717, 1.165) is 31.1 Å². The van der Waals surface area contributed by atoms with Crippen molar-refractivity contribution < 1.29 is 4.79 Å². The number of nitrogens with zero attached hydrogens (tertiary/aromatic N) is 1. The standard InChI is InChI=1S/C9H18BrNO/c1-3-8-11(2)9(12)6-4-5-7-10/h3-8H2,1-2H3. The van der Waals surface area contributed by atoms with E-state index < -0.39 is 0 Å². The van der Waals surface area contributed by atoms with Crippen LogP contribution in [0, 0.1) is 0 Å². The number of alkyl halides is 1. The first-order valence-corrected chi connectivity index (χ1v) is 5.64. The molecule has 0 saturated heterocycles. The van der Waals surface area contributed by atoms with Crippen molar-refractivity contribution in [3.63, 3.8) is 0 Å². The molecule has 0 aliphatic heterocycles. The molecule has 0 rings (SSSR count). The molecule has 0 unspecified atom stereocenters. The Morgan fingerprint density at radius 1 is 1.42 bits per heavy atom. The predicted octanol–water partition coefficient (Wildman–Crippen LogP) is 2.42. The number of unbranched alkanes of at least 4 members (excludes halogenated alkanes) is 1. The highest BCUT2D eigenvalue weighted by Crippen LogP contribution is 2.01. The van der Waals surface area contributed by atoms with E-state index in [1.165, 1.54) is 0 Å². The third kappa shape index (κ3) is 5.58. The summed E-state index contributed by atoms with van der Waals surface area (Å²) in [5.41, 5.74) is 0. The molecule has 0 radical (unpaired) electrons. The lowest BCUT2D eigenvalue weighted by Gasteiger charge is -2.15. The quantitative estimate of drug-likeness (QED) is 0.512. The molecule has 0 N–H and O–H groups in total. The van der Waals surface area contributed by atoms with E-state index in [2.05, 4.69) is 22.9 Å². The van der Waals surface area contributed by atoms with Gasteiger partial charge in [-0.25, -0.2) is 0 Å². The molecule has 2 nitrogen and oxygen atoms in total.